The van der Waals surface area contributed by atoms with Crippen molar-refractivity contribution >= 4 is 11.9 Å². The standard InChI is InChI=1S/C18H20N2O4/c1-12-8-9-14(24-12)10-20-11-15(20)17(21)19-16(18(22)23-2)13-6-4-3-5-7-13/h3-9,15-16H,10-11H2,1-2H3,(H,19,21). The van der Waals surface area contributed by atoms with Crippen LogP contribution in [0.3, 0.4) is 0 Å². The maximum Gasteiger partial charge on any atom is 0.333 e. The summed E-state index contributed by atoms with van der Waals surface area (Å²) in [4.78, 5) is 26.4. The normalized spacial score (nSPS) is 20.2. The number of carbonyl (C=O) groups excluding carboxylic acids is 2. The van der Waals surface area contributed by atoms with Gasteiger partial charge >= 0.3 is 5.97 Å². The summed E-state index contributed by atoms with van der Waals surface area (Å²) < 4.78 is 10.3. The SMILES string of the molecule is COC(=O)C(NC(=O)C1CN1Cc1ccc(C)o1)c1ccccc1. The number of nitrogens with zero attached hydrogens (tertiary/aromatic N) is 1. The molecule has 3 atom stereocenters. The summed E-state index contributed by atoms with van der Waals surface area (Å²) in [7, 11) is 1.31. The van der Waals surface area contributed by atoms with E-state index in [1.807, 2.05) is 42.2 Å². The molecule has 0 aliphatic carbocycles. The lowest BCUT2D eigenvalue weighted by atomic mass is 10.1. The first-order chi connectivity index (χ1) is 11.6. The first-order valence-corrected chi connectivity index (χ1v) is 7.81. The number of methoxy groups -OCH3 is 1. The third-order valence-corrected chi connectivity index (χ3v) is 4.03. The van der Waals surface area contributed by atoms with Gasteiger partial charge in [-0.2, -0.15) is 0 Å². The van der Waals surface area contributed by atoms with Gasteiger partial charge in [-0.3, -0.25) is 9.69 Å². The Hall–Kier alpha value is -2.60. The number of hydrogen-bond donors (Lipinski definition) is 1. The Labute approximate surface area is 140 Å². The molecule has 0 saturated carbocycles. The van der Waals surface area contributed by atoms with Crippen molar-refractivity contribution in [1.29, 1.82) is 0 Å². The van der Waals surface area contributed by atoms with Crippen molar-refractivity contribution in [3.63, 3.8) is 0 Å². The lowest BCUT2D eigenvalue weighted by Gasteiger charge is -2.16. The Morgan fingerprint density at radius 1 is 1.29 bits per heavy atom. The number of esters is 1. The van der Waals surface area contributed by atoms with Gasteiger partial charge in [-0.1, -0.05) is 30.3 Å². The first-order valence-electron chi connectivity index (χ1n) is 7.81. The van der Waals surface area contributed by atoms with E-state index in [4.69, 9.17) is 9.15 Å². The third kappa shape index (κ3) is 3.65. The molecule has 2 aromatic rings. The molecule has 3 unspecified atom stereocenters. The molecule has 1 aromatic heterocycles. The van der Waals surface area contributed by atoms with Gasteiger partial charge in [-0.15, -0.1) is 0 Å². The number of carbonyl (C=O) groups is 2. The molecular formula is C18H20N2O4. The molecule has 1 aliphatic rings. The van der Waals surface area contributed by atoms with E-state index in [0.29, 0.717) is 18.7 Å². The van der Waals surface area contributed by atoms with E-state index >= 15 is 0 Å². The van der Waals surface area contributed by atoms with Crippen molar-refractivity contribution in [3.8, 4) is 0 Å². The third-order valence-electron chi connectivity index (χ3n) is 4.03. The van der Waals surface area contributed by atoms with Crippen LogP contribution in [0.4, 0.5) is 0 Å². The van der Waals surface area contributed by atoms with Crippen LogP contribution < -0.4 is 5.32 Å². The van der Waals surface area contributed by atoms with Crippen molar-refractivity contribution in [1.82, 2.24) is 10.2 Å². The predicted octanol–water partition coefficient (Wildman–Crippen LogP) is 1.80. The second kappa shape index (κ2) is 6.88. The number of amides is 1. The Balaban J connectivity index is 1.61. The van der Waals surface area contributed by atoms with E-state index in [1.54, 1.807) is 12.1 Å². The van der Waals surface area contributed by atoms with E-state index in [-0.39, 0.29) is 11.9 Å². The zero-order valence-corrected chi connectivity index (χ0v) is 13.7. The van der Waals surface area contributed by atoms with Crippen LogP contribution in [0.2, 0.25) is 0 Å². The van der Waals surface area contributed by atoms with Crippen LogP contribution in [0, 0.1) is 6.92 Å². The minimum Gasteiger partial charge on any atom is -0.467 e. The Bertz CT molecular complexity index is 726. The monoisotopic (exact) mass is 328 g/mol. The van der Waals surface area contributed by atoms with Gasteiger partial charge in [0.05, 0.1) is 13.7 Å². The molecule has 1 fully saturated rings. The van der Waals surface area contributed by atoms with Gasteiger partial charge in [-0.05, 0) is 24.6 Å². The maximum atomic E-state index is 12.4. The highest BCUT2D eigenvalue weighted by molar-refractivity contribution is 5.90. The van der Waals surface area contributed by atoms with Crippen molar-refractivity contribution < 1.29 is 18.7 Å². The van der Waals surface area contributed by atoms with E-state index in [9.17, 15) is 9.59 Å². The highest BCUT2D eigenvalue weighted by Crippen LogP contribution is 2.24. The highest BCUT2D eigenvalue weighted by Gasteiger charge is 2.42. The average Bonchev–Trinajstić information content (AvgIpc) is 3.25. The summed E-state index contributed by atoms with van der Waals surface area (Å²) in [6, 6.07) is 11.8. The van der Waals surface area contributed by atoms with Crippen LogP contribution in [0.1, 0.15) is 23.1 Å². The molecule has 1 saturated heterocycles. The van der Waals surface area contributed by atoms with E-state index in [0.717, 1.165) is 11.5 Å². The number of hydrogen-bond acceptors (Lipinski definition) is 5. The van der Waals surface area contributed by atoms with Crippen molar-refractivity contribution in [3.05, 3.63) is 59.5 Å². The van der Waals surface area contributed by atoms with Crippen molar-refractivity contribution in [2.75, 3.05) is 13.7 Å². The highest BCUT2D eigenvalue weighted by atomic mass is 16.5. The Morgan fingerprint density at radius 2 is 2.04 bits per heavy atom. The van der Waals surface area contributed by atoms with Crippen LogP contribution >= 0.6 is 0 Å². The van der Waals surface area contributed by atoms with E-state index in [1.165, 1.54) is 7.11 Å². The maximum absolute atomic E-state index is 12.4. The summed E-state index contributed by atoms with van der Waals surface area (Å²) in [6.07, 6.45) is 0. The van der Waals surface area contributed by atoms with Gasteiger partial charge < -0.3 is 14.5 Å². The van der Waals surface area contributed by atoms with Gasteiger partial charge in [0.25, 0.3) is 0 Å². The van der Waals surface area contributed by atoms with E-state index in [2.05, 4.69) is 5.32 Å². The molecule has 2 heterocycles. The molecular weight excluding hydrogens is 308 g/mol. The Kier molecular flexibility index (Phi) is 4.66. The smallest absolute Gasteiger partial charge is 0.333 e. The Morgan fingerprint density at radius 3 is 2.67 bits per heavy atom. The number of furan rings is 1. The largest absolute Gasteiger partial charge is 0.467 e. The number of nitrogens with one attached hydrogen (secondary N) is 1. The van der Waals surface area contributed by atoms with Gasteiger partial charge in [0.1, 0.15) is 17.6 Å². The molecule has 0 bridgehead atoms. The topological polar surface area (TPSA) is 71.5 Å². The number of rotatable bonds is 6. The van der Waals surface area contributed by atoms with Crippen LogP contribution in [0.15, 0.2) is 46.9 Å². The number of ether oxygens (including phenoxy) is 1. The fraction of sp³-hybridized carbons (Fsp3) is 0.333. The number of benzene rings is 1. The summed E-state index contributed by atoms with van der Waals surface area (Å²) in [6.45, 7) is 3.12. The minimum atomic E-state index is -0.794. The van der Waals surface area contributed by atoms with Crippen LogP contribution in [0.25, 0.3) is 0 Å². The molecule has 6 nitrogen and oxygen atoms in total. The van der Waals surface area contributed by atoms with Crippen LogP contribution in [-0.2, 0) is 20.9 Å². The first kappa shape index (κ1) is 16.3. The zero-order valence-electron chi connectivity index (χ0n) is 13.7. The summed E-state index contributed by atoms with van der Waals surface area (Å²) in [5.74, 6) is 1.01. The van der Waals surface area contributed by atoms with Gasteiger partial charge in [0.15, 0.2) is 6.04 Å². The predicted molar refractivity (Wildman–Crippen MR) is 87.0 cm³/mol. The molecule has 1 aliphatic heterocycles. The zero-order chi connectivity index (χ0) is 17.1. The molecule has 0 spiro atoms. The molecule has 3 rings (SSSR count). The van der Waals surface area contributed by atoms with E-state index < -0.39 is 12.0 Å². The second-order valence-electron chi connectivity index (χ2n) is 5.83. The quantitative estimate of drug-likeness (QED) is 0.647. The molecule has 1 amide bonds. The molecule has 6 heteroatoms. The summed E-state index contributed by atoms with van der Waals surface area (Å²) in [5.41, 5.74) is 0.701. The lowest BCUT2D eigenvalue weighted by Crippen LogP contribution is -2.38. The molecule has 1 aromatic carbocycles. The van der Waals surface area contributed by atoms with Crippen molar-refractivity contribution in [2.24, 2.45) is 0 Å². The molecule has 1 N–H and O–H groups in total. The molecule has 0 radical (unpaired) electrons. The fourth-order valence-corrected chi connectivity index (χ4v) is 2.65. The van der Waals surface area contributed by atoms with Crippen LogP contribution in [-0.4, -0.2) is 36.5 Å². The fourth-order valence-electron chi connectivity index (χ4n) is 2.65. The minimum absolute atomic E-state index is 0.183. The van der Waals surface area contributed by atoms with Gasteiger partial charge in [0, 0.05) is 6.54 Å². The average molecular weight is 328 g/mol. The molecule has 24 heavy (non-hydrogen) atoms. The van der Waals surface area contributed by atoms with Crippen LogP contribution in [0.5, 0.6) is 0 Å². The second-order valence-corrected chi connectivity index (χ2v) is 5.83. The summed E-state index contributed by atoms with van der Waals surface area (Å²) >= 11 is 0. The van der Waals surface area contributed by atoms with Gasteiger partial charge in [0.2, 0.25) is 5.91 Å². The number of aryl methyl sites for hydroxylation is 1. The lowest BCUT2D eigenvalue weighted by molar-refractivity contribution is -0.145. The van der Waals surface area contributed by atoms with Gasteiger partial charge in [-0.25, -0.2) is 4.79 Å². The van der Waals surface area contributed by atoms with Crippen molar-refractivity contribution in [2.45, 2.75) is 25.6 Å². The molecule has 126 valence electrons. The summed E-state index contributed by atoms with van der Waals surface area (Å²) in [5, 5.41) is 2.78.